The zero-order chi connectivity index (χ0) is 20.1. The summed E-state index contributed by atoms with van der Waals surface area (Å²) in [6, 6.07) is 2.08. The van der Waals surface area contributed by atoms with Gasteiger partial charge in [0.2, 0.25) is 0 Å². The van der Waals surface area contributed by atoms with Gasteiger partial charge in [0.25, 0.3) is 5.91 Å². The minimum atomic E-state index is -4.61. The Morgan fingerprint density at radius 2 is 1.96 bits per heavy atom. The molecule has 0 aliphatic carbocycles. The number of rotatable bonds is 2. The van der Waals surface area contributed by atoms with E-state index in [4.69, 9.17) is 16.3 Å². The highest BCUT2D eigenvalue weighted by molar-refractivity contribution is 6.33. The number of cyclic esters (lactones) is 1. The molecule has 0 spiro atoms. The van der Waals surface area contributed by atoms with Crippen molar-refractivity contribution in [3.05, 3.63) is 34.7 Å². The summed E-state index contributed by atoms with van der Waals surface area (Å²) in [4.78, 5) is 31.5. The molecule has 28 heavy (non-hydrogen) atoms. The van der Waals surface area contributed by atoms with Crippen LogP contribution in [0.15, 0.2) is 18.3 Å². The molecule has 4 heterocycles. The van der Waals surface area contributed by atoms with Gasteiger partial charge in [0, 0.05) is 25.3 Å². The van der Waals surface area contributed by atoms with Crippen LogP contribution in [0, 0.1) is 0 Å². The first-order valence-electron chi connectivity index (χ1n) is 8.74. The number of carbonyl (C=O) groups excluding carboxylic acids is 2. The molecule has 0 bridgehead atoms. The summed E-state index contributed by atoms with van der Waals surface area (Å²) in [7, 11) is 0. The van der Waals surface area contributed by atoms with Crippen LogP contribution in [0.4, 0.5) is 18.0 Å². The van der Waals surface area contributed by atoms with Crippen LogP contribution in [-0.4, -0.2) is 63.5 Å². The standard InChI is InChI=1S/C17H16ClF3N4O3/c18-13-12(22-14-11(17(19,20)21)2-1-5-25(13)14)15(26)23-6-3-10(4-7-23)24-8-9-28-16(24)27/h1-2,5,10H,3-4,6-9H2. The topological polar surface area (TPSA) is 67.2 Å². The van der Waals surface area contributed by atoms with Crippen LogP contribution in [0.5, 0.6) is 0 Å². The van der Waals surface area contributed by atoms with Gasteiger partial charge >= 0.3 is 12.3 Å². The lowest BCUT2D eigenvalue weighted by Crippen LogP contribution is -2.47. The van der Waals surface area contributed by atoms with E-state index in [0.29, 0.717) is 39.1 Å². The van der Waals surface area contributed by atoms with E-state index in [1.165, 1.54) is 17.2 Å². The maximum Gasteiger partial charge on any atom is 0.419 e. The fourth-order valence-corrected chi connectivity index (χ4v) is 3.92. The molecule has 2 aromatic heterocycles. The zero-order valence-electron chi connectivity index (χ0n) is 14.6. The van der Waals surface area contributed by atoms with Crippen molar-refractivity contribution in [3.63, 3.8) is 0 Å². The summed E-state index contributed by atoms with van der Waals surface area (Å²) >= 11 is 6.16. The van der Waals surface area contributed by atoms with Gasteiger partial charge in [0.05, 0.1) is 12.1 Å². The summed E-state index contributed by atoms with van der Waals surface area (Å²) < 4.78 is 45.6. The Morgan fingerprint density at radius 3 is 2.57 bits per heavy atom. The predicted octanol–water partition coefficient (Wildman–Crippen LogP) is 3.06. The Kier molecular flexibility index (Phi) is 4.60. The fourth-order valence-electron chi connectivity index (χ4n) is 3.66. The Bertz CT molecular complexity index is 938. The number of hydrogen-bond donors (Lipinski definition) is 0. The molecular weight excluding hydrogens is 401 g/mol. The molecule has 0 radical (unpaired) electrons. The van der Waals surface area contributed by atoms with E-state index in [2.05, 4.69) is 4.98 Å². The third-order valence-electron chi connectivity index (χ3n) is 5.08. The molecule has 11 heteroatoms. The van der Waals surface area contributed by atoms with E-state index in [-0.39, 0.29) is 23.0 Å². The molecule has 2 amide bonds. The van der Waals surface area contributed by atoms with Gasteiger partial charge in [0.15, 0.2) is 11.3 Å². The van der Waals surface area contributed by atoms with Gasteiger partial charge in [-0.15, -0.1) is 0 Å². The van der Waals surface area contributed by atoms with Gasteiger partial charge in [-0.2, -0.15) is 13.2 Å². The SMILES string of the molecule is O=C(c1nc2c(C(F)(F)F)cccn2c1Cl)N1CCC(N2CCOC2=O)CC1. The number of amides is 2. The van der Waals surface area contributed by atoms with Gasteiger partial charge in [0.1, 0.15) is 11.8 Å². The molecule has 0 N–H and O–H groups in total. The summed E-state index contributed by atoms with van der Waals surface area (Å²) in [5, 5.41) is -0.156. The van der Waals surface area contributed by atoms with Gasteiger partial charge in [-0.3, -0.25) is 9.20 Å². The lowest BCUT2D eigenvalue weighted by molar-refractivity contribution is -0.136. The van der Waals surface area contributed by atoms with Crippen LogP contribution in [0.3, 0.4) is 0 Å². The number of piperidine rings is 1. The normalized spacial score (nSPS) is 18.8. The molecule has 2 saturated heterocycles. The van der Waals surface area contributed by atoms with Gasteiger partial charge in [-0.1, -0.05) is 11.6 Å². The molecule has 0 aromatic carbocycles. The van der Waals surface area contributed by atoms with Crippen molar-refractivity contribution in [3.8, 4) is 0 Å². The first kappa shape index (κ1) is 18.9. The molecule has 2 fully saturated rings. The number of nitrogens with zero attached hydrogens (tertiary/aromatic N) is 4. The van der Waals surface area contributed by atoms with Crippen molar-refractivity contribution in [1.29, 1.82) is 0 Å². The van der Waals surface area contributed by atoms with Crippen molar-refractivity contribution in [2.75, 3.05) is 26.2 Å². The first-order chi connectivity index (χ1) is 13.3. The number of carbonyl (C=O) groups is 2. The van der Waals surface area contributed by atoms with Crippen molar-refractivity contribution in [2.45, 2.75) is 25.1 Å². The number of ether oxygens (including phenoxy) is 1. The molecule has 4 rings (SSSR count). The number of alkyl halides is 3. The Hall–Kier alpha value is -2.49. The van der Waals surface area contributed by atoms with Crippen molar-refractivity contribution in [2.24, 2.45) is 0 Å². The van der Waals surface area contributed by atoms with Crippen LogP contribution in [0.1, 0.15) is 28.9 Å². The number of hydrogen-bond acceptors (Lipinski definition) is 4. The number of pyridine rings is 1. The van der Waals surface area contributed by atoms with E-state index in [1.807, 2.05) is 0 Å². The Morgan fingerprint density at radius 1 is 1.25 bits per heavy atom. The average molecular weight is 417 g/mol. The highest BCUT2D eigenvalue weighted by Crippen LogP contribution is 2.34. The lowest BCUT2D eigenvalue weighted by Gasteiger charge is -2.35. The molecule has 7 nitrogen and oxygen atoms in total. The smallest absolute Gasteiger partial charge is 0.419 e. The quantitative estimate of drug-likeness (QED) is 0.754. The van der Waals surface area contributed by atoms with Gasteiger partial charge in [-0.25, -0.2) is 9.78 Å². The van der Waals surface area contributed by atoms with Crippen molar-refractivity contribution in [1.82, 2.24) is 19.2 Å². The average Bonchev–Trinajstić information content (AvgIpc) is 3.24. The van der Waals surface area contributed by atoms with Gasteiger partial charge in [-0.05, 0) is 25.0 Å². The van der Waals surface area contributed by atoms with Crippen molar-refractivity contribution >= 4 is 29.2 Å². The molecular formula is C17H16ClF3N4O3. The third-order valence-corrected chi connectivity index (χ3v) is 5.45. The lowest BCUT2D eigenvalue weighted by atomic mass is 10.0. The first-order valence-corrected chi connectivity index (χ1v) is 9.11. The molecule has 2 aliphatic rings. The third kappa shape index (κ3) is 3.15. The van der Waals surface area contributed by atoms with E-state index in [0.717, 1.165) is 10.5 Å². The fraction of sp³-hybridized carbons (Fsp3) is 0.471. The highest BCUT2D eigenvalue weighted by atomic mass is 35.5. The second kappa shape index (κ2) is 6.84. The molecule has 2 aliphatic heterocycles. The molecule has 0 atom stereocenters. The highest BCUT2D eigenvalue weighted by Gasteiger charge is 2.37. The largest absolute Gasteiger partial charge is 0.448 e. The predicted molar refractivity (Wildman–Crippen MR) is 92.2 cm³/mol. The number of aromatic nitrogens is 2. The number of fused-ring (bicyclic) bond motifs is 1. The maximum atomic E-state index is 13.2. The molecule has 2 aromatic rings. The van der Waals surface area contributed by atoms with Crippen molar-refractivity contribution < 1.29 is 27.5 Å². The van der Waals surface area contributed by atoms with E-state index in [1.54, 1.807) is 4.90 Å². The Balaban J connectivity index is 1.55. The van der Waals surface area contributed by atoms with E-state index in [9.17, 15) is 22.8 Å². The second-order valence-corrected chi connectivity index (χ2v) is 7.05. The van der Waals surface area contributed by atoms with Crippen LogP contribution in [-0.2, 0) is 10.9 Å². The minimum Gasteiger partial charge on any atom is -0.448 e. The molecule has 0 unspecified atom stereocenters. The zero-order valence-corrected chi connectivity index (χ0v) is 15.3. The number of likely N-dealkylation sites (tertiary alicyclic amines) is 1. The number of imidazole rings is 1. The maximum absolute atomic E-state index is 13.2. The van der Waals surface area contributed by atoms with Crippen LogP contribution < -0.4 is 0 Å². The monoisotopic (exact) mass is 416 g/mol. The summed E-state index contributed by atoms with van der Waals surface area (Å²) in [6.45, 7) is 1.58. The van der Waals surface area contributed by atoms with Crippen LogP contribution in [0.25, 0.3) is 5.65 Å². The number of halogens is 4. The molecule has 150 valence electrons. The minimum absolute atomic E-state index is 0.0209. The summed E-state index contributed by atoms with van der Waals surface area (Å²) in [5.74, 6) is -0.524. The second-order valence-electron chi connectivity index (χ2n) is 6.70. The summed E-state index contributed by atoms with van der Waals surface area (Å²) in [5.41, 5.74) is -1.57. The molecule has 0 saturated carbocycles. The summed E-state index contributed by atoms with van der Waals surface area (Å²) in [6.07, 6.45) is -2.52. The van der Waals surface area contributed by atoms with E-state index < -0.39 is 23.3 Å². The van der Waals surface area contributed by atoms with Crippen LogP contribution >= 0.6 is 11.6 Å². The van der Waals surface area contributed by atoms with Crippen LogP contribution in [0.2, 0.25) is 5.15 Å². The van der Waals surface area contributed by atoms with E-state index >= 15 is 0 Å². The van der Waals surface area contributed by atoms with Gasteiger partial charge < -0.3 is 14.5 Å². The Labute approximate surface area is 162 Å².